The van der Waals surface area contributed by atoms with Crippen molar-refractivity contribution in [2.45, 2.75) is 19.1 Å². The molecule has 0 aliphatic carbocycles. The molecule has 3 heterocycles. The molecule has 0 spiro atoms. The monoisotopic (exact) mass is 486 g/mol. The Kier molecular flexibility index (Phi) is 6.27. The Labute approximate surface area is 189 Å². The lowest BCUT2D eigenvalue weighted by atomic mass is 10.0. The molecule has 4 rings (SSSR count). The first-order chi connectivity index (χ1) is 15.5. The largest absolute Gasteiger partial charge is 0.416 e. The van der Waals surface area contributed by atoms with Gasteiger partial charge >= 0.3 is 12.2 Å². The van der Waals surface area contributed by atoms with E-state index in [0.717, 1.165) is 42.1 Å². The third-order valence-electron chi connectivity index (χ3n) is 5.72. The third-order valence-corrected chi connectivity index (χ3v) is 6.30. The van der Waals surface area contributed by atoms with Crippen LogP contribution in [0.4, 0.5) is 29.5 Å². The predicted molar refractivity (Wildman–Crippen MR) is 117 cm³/mol. The van der Waals surface area contributed by atoms with Crippen LogP contribution in [0.25, 0.3) is 0 Å². The Morgan fingerprint density at radius 1 is 1.09 bits per heavy atom. The summed E-state index contributed by atoms with van der Waals surface area (Å²) in [7, 11) is -3.49. The summed E-state index contributed by atoms with van der Waals surface area (Å²) in [6, 6.07) is 4.93. The molecule has 2 aliphatic heterocycles. The number of carbonyl (C=O) groups is 1. The average Bonchev–Trinajstić information content (AvgIpc) is 3.14. The summed E-state index contributed by atoms with van der Waals surface area (Å²) in [6.45, 7) is 3.95. The summed E-state index contributed by atoms with van der Waals surface area (Å²) in [5, 5.41) is 3.96. The van der Waals surface area contributed by atoms with Crippen molar-refractivity contribution < 1.29 is 26.4 Å². The molecule has 0 radical (unpaired) electrons. The van der Waals surface area contributed by atoms with Crippen LogP contribution in [0, 0.1) is 0 Å². The number of halogens is 3. The molecular formula is C20H25F3N6O3S. The van der Waals surface area contributed by atoms with Crippen LogP contribution < -0.4 is 9.62 Å². The standard InChI is InChI=1S/C20H25F3N6O3S/c1-33(31,32)25-18-5-8-29(24-18)19(30)28-11-9-26(10-12-28)14-15-3-4-16(20(21,22)23)13-17(15)27-6-2-7-27/h3-5,8,13H,2,6-7,9-12,14H2,1H3,(H,24,25). The highest BCUT2D eigenvalue weighted by Gasteiger charge is 2.32. The van der Waals surface area contributed by atoms with Gasteiger partial charge in [0.15, 0.2) is 5.82 Å². The first-order valence-electron chi connectivity index (χ1n) is 10.5. The van der Waals surface area contributed by atoms with Gasteiger partial charge in [0.25, 0.3) is 0 Å². The second-order valence-electron chi connectivity index (χ2n) is 8.25. The zero-order valence-electron chi connectivity index (χ0n) is 18.0. The molecule has 2 saturated heterocycles. The van der Waals surface area contributed by atoms with Gasteiger partial charge in [0, 0.05) is 63.8 Å². The molecule has 13 heteroatoms. The average molecular weight is 487 g/mol. The van der Waals surface area contributed by atoms with Gasteiger partial charge in [-0.25, -0.2) is 13.2 Å². The van der Waals surface area contributed by atoms with Gasteiger partial charge in [0.05, 0.1) is 11.8 Å². The molecule has 0 saturated carbocycles. The highest BCUT2D eigenvalue weighted by Crippen LogP contribution is 2.35. The van der Waals surface area contributed by atoms with E-state index in [4.69, 9.17) is 0 Å². The predicted octanol–water partition coefficient (Wildman–Crippen LogP) is 2.27. The van der Waals surface area contributed by atoms with Crippen molar-refractivity contribution in [3.05, 3.63) is 41.6 Å². The molecule has 33 heavy (non-hydrogen) atoms. The summed E-state index contributed by atoms with van der Waals surface area (Å²) >= 11 is 0. The number of nitrogens with zero attached hydrogens (tertiary/aromatic N) is 5. The number of hydrogen-bond donors (Lipinski definition) is 1. The van der Waals surface area contributed by atoms with Crippen molar-refractivity contribution in [3.63, 3.8) is 0 Å². The van der Waals surface area contributed by atoms with E-state index in [2.05, 4.69) is 14.7 Å². The maximum absolute atomic E-state index is 13.2. The third kappa shape index (κ3) is 5.58. The maximum atomic E-state index is 13.2. The number of amides is 1. The number of benzene rings is 1. The number of anilines is 2. The number of piperazine rings is 1. The van der Waals surface area contributed by atoms with Gasteiger partial charge in [0.2, 0.25) is 10.0 Å². The van der Waals surface area contributed by atoms with Crippen LogP contribution in [0.1, 0.15) is 17.5 Å². The molecule has 180 valence electrons. The number of rotatable bonds is 5. The molecule has 1 N–H and O–H groups in total. The van der Waals surface area contributed by atoms with E-state index in [1.807, 2.05) is 4.90 Å². The Bertz CT molecular complexity index is 1120. The van der Waals surface area contributed by atoms with Gasteiger partial charge < -0.3 is 9.80 Å². The van der Waals surface area contributed by atoms with Crippen molar-refractivity contribution in [3.8, 4) is 0 Å². The summed E-state index contributed by atoms with van der Waals surface area (Å²) in [4.78, 5) is 18.4. The van der Waals surface area contributed by atoms with E-state index in [9.17, 15) is 26.4 Å². The van der Waals surface area contributed by atoms with Crippen molar-refractivity contribution >= 4 is 27.6 Å². The van der Waals surface area contributed by atoms with Gasteiger partial charge in [-0.05, 0) is 24.1 Å². The highest BCUT2D eigenvalue weighted by molar-refractivity contribution is 7.92. The topological polar surface area (TPSA) is 90.8 Å². The van der Waals surface area contributed by atoms with Gasteiger partial charge in [-0.15, -0.1) is 5.10 Å². The fourth-order valence-corrected chi connectivity index (χ4v) is 4.37. The minimum Gasteiger partial charge on any atom is -0.371 e. The van der Waals surface area contributed by atoms with E-state index < -0.39 is 21.8 Å². The fourth-order valence-electron chi connectivity index (χ4n) is 3.88. The van der Waals surface area contributed by atoms with Gasteiger partial charge in [0.1, 0.15) is 0 Å². The molecule has 0 unspecified atom stereocenters. The summed E-state index contributed by atoms with van der Waals surface area (Å²) in [6.07, 6.45) is -1.03. The van der Waals surface area contributed by atoms with Crippen molar-refractivity contribution in [1.29, 1.82) is 0 Å². The fraction of sp³-hybridized carbons (Fsp3) is 0.500. The Balaban J connectivity index is 1.38. The van der Waals surface area contributed by atoms with Crippen LogP contribution in [0.3, 0.4) is 0 Å². The molecule has 1 aromatic heterocycles. The van der Waals surface area contributed by atoms with Crippen LogP contribution in [-0.2, 0) is 22.7 Å². The summed E-state index contributed by atoms with van der Waals surface area (Å²) in [5.41, 5.74) is 0.815. The lowest BCUT2D eigenvalue weighted by Gasteiger charge is -2.38. The zero-order chi connectivity index (χ0) is 23.8. The normalized spacial score (nSPS) is 17.7. The van der Waals surface area contributed by atoms with Crippen LogP contribution in [-0.4, -0.2) is 79.6 Å². The van der Waals surface area contributed by atoms with E-state index in [1.54, 1.807) is 11.0 Å². The first-order valence-corrected chi connectivity index (χ1v) is 12.4. The van der Waals surface area contributed by atoms with Crippen LogP contribution in [0.5, 0.6) is 0 Å². The quantitative estimate of drug-likeness (QED) is 0.698. The molecule has 2 aromatic rings. The minimum atomic E-state index is -4.38. The number of carbonyl (C=O) groups excluding carboxylic acids is 1. The second-order valence-corrected chi connectivity index (χ2v) is 10.00. The van der Waals surface area contributed by atoms with Crippen LogP contribution in [0.15, 0.2) is 30.5 Å². The van der Waals surface area contributed by atoms with Crippen LogP contribution in [0.2, 0.25) is 0 Å². The Morgan fingerprint density at radius 2 is 1.79 bits per heavy atom. The van der Waals surface area contributed by atoms with Crippen molar-refractivity contribution in [2.24, 2.45) is 0 Å². The van der Waals surface area contributed by atoms with Crippen molar-refractivity contribution in [2.75, 3.05) is 55.1 Å². The SMILES string of the molecule is CS(=O)(=O)Nc1ccn(C(=O)N2CCN(Cc3ccc(C(F)(F)F)cc3N3CCC3)CC2)n1. The van der Waals surface area contributed by atoms with E-state index in [1.165, 1.54) is 18.3 Å². The van der Waals surface area contributed by atoms with E-state index in [-0.39, 0.29) is 11.8 Å². The number of hydrogen-bond acceptors (Lipinski definition) is 6. The second kappa shape index (κ2) is 8.86. The molecule has 1 aromatic carbocycles. The van der Waals surface area contributed by atoms with Crippen molar-refractivity contribution in [1.82, 2.24) is 19.6 Å². The lowest BCUT2D eigenvalue weighted by molar-refractivity contribution is -0.137. The van der Waals surface area contributed by atoms with Gasteiger partial charge in [-0.2, -0.15) is 17.9 Å². The van der Waals surface area contributed by atoms with E-state index >= 15 is 0 Å². The summed E-state index contributed by atoms with van der Waals surface area (Å²) < 4.78 is 65.4. The first kappa shape index (κ1) is 23.4. The highest BCUT2D eigenvalue weighted by atomic mass is 32.2. The molecule has 0 atom stereocenters. The molecule has 2 aliphatic rings. The minimum absolute atomic E-state index is 0.0605. The molecular weight excluding hydrogens is 461 g/mol. The maximum Gasteiger partial charge on any atom is 0.416 e. The molecule has 2 fully saturated rings. The van der Waals surface area contributed by atoms with Gasteiger partial charge in [-0.1, -0.05) is 6.07 Å². The number of aromatic nitrogens is 2. The van der Waals surface area contributed by atoms with E-state index in [0.29, 0.717) is 38.4 Å². The van der Waals surface area contributed by atoms with Crippen LogP contribution >= 0.6 is 0 Å². The number of sulfonamides is 1. The Morgan fingerprint density at radius 3 is 2.36 bits per heavy atom. The smallest absolute Gasteiger partial charge is 0.371 e. The number of nitrogens with one attached hydrogen (secondary N) is 1. The zero-order valence-corrected chi connectivity index (χ0v) is 18.9. The van der Waals surface area contributed by atoms with Gasteiger partial charge in [-0.3, -0.25) is 9.62 Å². The lowest BCUT2D eigenvalue weighted by Crippen LogP contribution is -2.49. The Hall–Kier alpha value is -2.80. The summed E-state index contributed by atoms with van der Waals surface area (Å²) in [5.74, 6) is 0.0605. The number of alkyl halides is 3. The molecule has 0 bridgehead atoms. The molecule has 1 amide bonds. The molecule has 9 nitrogen and oxygen atoms in total.